The number of hydrogen-bond acceptors (Lipinski definition) is 7. The third kappa shape index (κ3) is 4.03. The molecule has 2 aromatic heterocycles. The molecule has 1 amide bonds. The van der Waals surface area contributed by atoms with Gasteiger partial charge in [0.15, 0.2) is 5.82 Å². The minimum atomic E-state index is -0.655. The van der Waals surface area contributed by atoms with Gasteiger partial charge in [-0.3, -0.25) is 4.79 Å². The Kier molecular flexibility index (Phi) is 5.44. The number of nitro groups is 1. The van der Waals surface area contributed by atoms with Gasteiger partial charge >= 0.3 is 11.8 Å². The fourth-order valence-corrected chi connectivity index (χ4v) is 2.45. The highest BCUT2D eigenvalue weighted by molar-refractivity contribution is 6.00. The van der Waals surface area contributed by atoms with E-state index in [0.29, 0.717) is 5.69 Å². The number of esters is 1. The van der Waals surface area contributed by atoms with Crippen molar-refractivity contribution in [3.05, 3.63) is 64.5 Å². The van der Waals surface area contributed by atoms with Crippen molar-refractivity contribution in [2.75, 3.05) is 11.9 Å². The standard InChI is InChI=1S/C17H16N6O5/c1-2-28-17(25)13-10-18-22(12-6-4-3-5-7-12)16(13)19-15(24)11-21-9-8-14(20-21)23(26)27/h3-10H,2,11H2,1H3,(H,19,24). The normalized spacial score (nSPS) is 10.5. The summed E-state index contributed by atoms with van der Waals surface area (Å²) in [4.78, 5) is 34.7. The summed E-state index contributed by atoms with van der Waals surface area (Å²) >= 11 is 0. The van der Waals surface area contributed by atoms with Crippen LogP contribution in [0, 0.1) is 10.1 Å². The second-order valence-corrected chi connectivity index (χ2v) is 5.55. The average Bonchev–Trinajstić information content (AvgIpc) is 3.30. The number of carbonyl (C=O) groups excluding carboxylic acids is 2. The molecule has 1 N–H and O–H groups in total. The molecular weight excluding hydrogens is 368 g/mol. The van der Waals surface area contributed by atoms with Gasteiger partial charge in [-0.25, -0.2) is 9.48 Å². The smallest absolute Gasteiger partial charge is 0.389 e. The van der Waals surface area contributed by atoms with E-state index < -0.39 is 16.8 Å². The third-order valence-corrected chi connectivity index (χ3v) is 3.64. The number of nitrogens with zero attached hydrogens (tertiary/aromatic N) is 5. The number of aromatic nitrogens is 4. The van der Waals surface area contributed by atoms with E-state index in [2.05, 4.69) is 15.5 Å². The van der Waals surface area contributed by atoms with E-state index in [0.717, 1.165) is 4.68 Å². The van der Waals surface area contributed by atoms with Crippen molar-refractivity contribution in [3.8, 4) is 5.69 Å². The first-order chi connectivity index (χ1) is 13.5. The summed E-state index contributed by atoms with van der Waals surface area (Å²) in [6, 6.07) is 10.1. The van der Waals surface area contributed by atoms with Crippen LogP contribution in [0.1, 0.15) is 17.3 Å². The Morgan fingerprint density at radius 1 is 1.25 bits per heavy atom. The molecule has 0 bridgehead atoms. The van der Waals surface area contributed by atoms with Crippen molar-refractivity contribution in [2.45, 2.75) is 13.5 Å². The van der Waals surface area contributed by atoms with E-state index in [4.69, 9.17) is 4.74 Å². The van der Waals surface area contributed by atoms with Crippen molar-refractivity contribution in [1.29, 1.82) is 0 Å². The van der Waals surface area contributed by atoms with Crippen LogP contribution in [-0.2, 0) is 16.1 Å². The zero-order chi connectivity index (χ0) is 20.1. The third-order valence-electron chi connectivity index (χ3n) is 3.64. The van der Waals surface area contributed by atoms with Crippen LogP contribution in [0.4, 0.5) is 11.6 Å². The first-order valence-electron chi connectivity index (χ1n) is 8.28. The molecule has 0 spiro atoms. The van der Waals surface area contributed by atoms with E-state index in [9.17, 15) is 19.7 Å². The van der Waals surface area contributed by atoms with E-state index in [1.165, 1.54) is 23.1 Å². The maximum Gasteiger partial charge on any atom is 0.389 e. The summed E-state index contributed by atoms with van der Waals surface area (Å²) in [7, 11) is 0. The van der Waals surface area contributed by atoms with Crippen LogP contribution < -0.4 is 5.32 Å². The van der Waals surface area contributed by atoms with E-state index >= 15 is 0 Å². The van der Waals surface area contributed by atoms with Crippen LogP contribution in [0.15, 0.2) is 48.8 Å². The number of nitrogens with one attached hydrogen (secondary N) is 1. The monoisotopic (exact) mass is 384 g/mol. The number of para-hydroxylation sites is 1. The lowest BCUT2D eigenvalue weighted by Gasteiger charge is -2.10. The molecule has 11 heteroatoms. The fraction of sp³-hybridized carbons (Fsp3) is 0.176. The molecule has 0 radical (unpaired) electrons. The van der Waals surface area contributed by atoms with Crippen molar-refractivity contribution >= 4 is 23.5 Å². The molecule has 1 aromatic carbocycles. The van der Waals surface area contributed by atoms with Gasteiger partial charge in [-0.2, -0.15) is 9.78 Å². The van der Waals surface area contributed by atoms with Gasteiger partial charge in [-0.1, -0.05) is 18.2 Å². The molecule has 0 saturated carbocycles. The second-order valence-electron chi connectivity index (χ2n) is 5.55. The number of rotatable bonds is 7. The van der Waals surface area contributed by atoms with Gasteiger partial charge in [0.25, 0.3) is 0 Å². The minimum Gasteiger partial charge on any atom is -0.462 e. The maximum atomic E-state index is 12.4. The lowest BCUT2D eigenvalue weighted by molar-refractivity contribution is -0.389. The molecule has 0 aliphatic heterocycles. The molecule has 11 nitrogen and oxygen atoms in total. The van der Waals surface area contributed by atoms with Gasteiger partial charge in [0.05, 0.1) is 35.9 Å². The Bertz CT molecular complexity index is 1010. The average molecular weight is 384 g/mol. The van der Waals surface area contributed by atoms with Crippen LogP contribution in [-0.4, -0.2) is 43.0 Å². The van der Waals surface area contributed by atoms with Crippen LogP contribution >= 0.6 is 0 Å². The van der Waals surface area contributed by atoms with Crippen LogP contribution in [0.5, 0.6) is 0 Å². The van der Waals surface area contributed by atoms with E-state index in [1.54, 1.807) is 31.2 Å². The highest BCUT2D eigenvalue weighted by Gasteiger charge is 2.22. The van der Waals surface area contributed by atoms with Crippen molar-refractivity contribution in [2.24, 2.45) is 0 Å². The number of carbonyl (C=O) groups is 2. The lowest BCUT2D eigenvalue weighted by Crippen LogP contribution is -2.22. The van der Waals surface area contributed by atoms with Crippen LogP contribution in [0.3, 0.4) is 0 Å². The first-order valence-corrected chi connectivity index (χ1v) is 8.28. The van der Waals surface area contributed by atoms with Gasteiger partial charge in [0.1, 0.15) is 12.1 Å². The second kappa shape index (κ2) is 8.12. The van der Waals surface area contributed by atoms with Gasteiger partial charge in [0, 0.05) is 0 Å². The molecule has 0 unspecified atom stereocenters. The highest BCUT2D eigenvalue weighted by Crippen LogP contribution is 2.21. The van der Waals surface area contributed by atoms with Crippen molar-refractivity contribution in [1.82, 2.24) is 19.6 Å². The maximum absolute atomic E-state index is 12.4. The number of anilines is 1. The van der Waals surface area contributed by atoms with Gasteiger partial charge in [0.2, 0.25) is 5.91 Å². The Morgan fingerprint density at radius 2 is 2.00 bits per heavy atom. The molecule has 0 atom stereocenters. The van der Waals surface area contributed by atoms with Crippen molar-refractivity contribution in [3.63, 3.8) is 0 Å². The topological polar surface area (TPSA) is 134 Å². The predicted octanol–water partition coefficient (Wildman–Crippen LogP) is 1.79. The Balaban J connectivity index is 1.87. The molecule has 0 saturated heterocycles. The highest BCUT2D eigenvalue weighted by atomic mass is 16.6. The number of amides is 1. The fourth-order valence-electron chi connectivity index (χ4n) is 2.45. The molecule has 144 valence electrons. The largest absolute Gasteiger partial charge is 0.462 e. The molecular formula is C17H16N6O5. The SMILES string of the molecule is CCOC(=O)c1cnn(-c2ccccc2)c1NC(=O)Cn1ccc([N+](=O)[O-])n1. The molecule has 0 aliphatic rings. The molecule has 0 aliphatic carbocycles. The van der Waals surface area contributed by atoms with Gasteiger partial charge < -0.3 is 20.2 Å². The van der Waals surface area contributed by atoms with Crippen LogP contribution in [0.2, 0.25) is 0 Å². The van der Waals surface area contributed by atoms with E-state index in [-0.39, 0.29) is 30.4 Å². The number of benzene rings is 1. The lowest BCUT2D eigenvalue weighted by atomic mass is 10.3. The molecule has 3 rings (SSSR count). The molecule has 2 heterocycles. The quantitative estimate of drug-likeness (QED) is 0.373. The van der Waals surface area contributed by atoms with Gasteiger partial charge in [-0.15, -0.1) is 0 Å². The Labute approximate surface area is 158 Å². The number of ether oxygens (including phenoxy) is 1. The minimum absolute atomic E-state index is 0.0884. The summed E-state index contributed by atoms with van der Waals surface area (Å²) in [6.07, 6.45) is 2.62. The summed E-state index contributed by atoms with van der Waals surface area (Å²) in [6.45, 7) is 1.55. The summed E-state index contributed by atoms with van der Waals surface area (Å²) < 4.78 is 7.54. The number of hydrogen-bond donors (Lipinski definition) is 1. The van der Waals surface area contributed by atoms with Gasteiger partial charge in [-0.05, 0) is 24.0 Å². The zero-order valence-electron chi connectivity index (χ0n) is 14.8. The summed E-state index contributed by atoms with van der Waals surface area (Å²) in [5.74, 6) is -1.40. The van der Waals surface area contributed by atoms with Crippen LogP contribution in [0.25, 0.3) is 5.69 Å². The predicted molar refractivity (Wildman–Crippen MR) is 97.0 cm³/mol. The first kappa shape index (κ1) is 18.8. The molecule has 28 heavy (non-hydrogen) atoms. The van der Waals surface area contributed by atoms with E-state index in [1.807, 2.05) is 6.07 Å². The summed E-state index contributed by atoms with van der Waals surface area (Å²) in [5, 5.41) is 21.2. The van der Waals surface area contributed by atoms with Crippen molar-refractivity contribution < 1.29 is 19.2 Å². The Hall–Kier alpha value is -4.02. The summed E-state index contributed by atoms with van der Waals surface area (Å²) in [5.41, 5.74) is 0.716. The molecule has 3 aromatic rings. The zero-order valence-corrected chi connectivity index (χ0v) is 14.8. The Morgan fingerprint density at radius 3 is 2.64 bits per heavy atom. The molecule has 0 fully saturated rings.